The fourth-order valence-corrected chi connectivity index (χ4v) is 4.52. The van der Waals surface area contributed by atoms with Crippen LogP contribution in [0.5, 0.6) is 0 Å². The van der Waals surface area contributed by atoms with Crippen molar-refractivity contribution in [3.05, 3.63) is 115 Å². The number of rotatable bonds is 5. The van der Waals surface area contributed by atoms with Crippen molar-refractivity contribution in [2.45, 2.75) is 5.78 Å². The first-order valence-electron chi connectivity index (χ1n) is 9.59. The molecule has 4 aromatic rings. The molecule has 0 aliphatic rings. The highest BCUT2D eigenvalue weighted by Crippen LogP contribution is 2.49. The highest BCUT2D eigenvalue weighted by atomic mass is 31.2. The molecule has 1 atom stereocenters. The zero-order chi connectivity index (χ0) is 21.8. The highest BCUT2D eigenvalue weighted by Gasteiger charge is 2.38. The van der Waals surface area contributed by atoms with E-state index < -0.39 is 13.4 Å². The molecule has 0 bridgehead atoms. The Morgan fingerprint density at radius 1 is 0.774 bits per heavy atom. The van der Waals surface area contributed by atoms with Crippen molar-refractivity contribution in [3.8, 4) is 22.9 Å². The van der Waals surface area contributed by atoms with Gasteiger partial charge >= 0.3 is 7.60 Å². The Morgan fingerprint density at radius 2 is 1.32 bits per heavy atom. The minimum absolute atomic E-state index is 0.553. The van der Waals surface area contributed by atoms with Gasteiger partial charge in [-0.3, -0.25) is 4.57 Å². The number of aromatic nitrogens is 2. The number of hydrogen-bond acceptors (Lipinski definition) is 2. The summed E-state index contributed by atoms with van der Waals surface area (Å²) in [6, 6.07) is 25.8. The van der Waals surface area contributed by atoms with Crippen molar-refractivity contribution < 1.29 is 23.5 Å². The van der Waals surface area contributed by atoms with Gasteiger partial charge in [-0.2, -0.15) is 14.4 Å². The zero-order valence-corrected chi connectivity index (χ0v) is 17.4. The first-order chi connectivity index (χ1) is 15.0. The fraction of sp³-hybridized carbons (Fsp3) is 0.0417. The van der Waals surface area contributed by atoms with Crippen LogP contribution in [0.1, 0.15) is 16.9 Å². The average molecular weight is 429 g/mol. The Balaban J connectivity index is 1.60. The lowest BCUT2D eigenvalue weighted by molar-refractivity contribution is -0.695. The maximum atomic E-state index is 12.2. The van der Waals surface area contributed by atoms with E-state index in [1.807, 2.05) is 59.4 Å². The van der Waals surface area contributed by atoms with Crippen LogP contribution in [0.2, 0.25) is 0 Å². The Hall–Kier alpha value is -3.62. The molecule has 0 amide bonds. The summed E-state index contributed by atoms with van der Waals surface area (Å²) in [6.07, 6.45) is 7.24. The minimum atomic E-state index is -4.41. The van der Waals surface area contributed by atoms with Gasteiger partial charge in [-0.15, -0.1) is 0 Å². The summed E-state index contributed by atoms with van der Waals surface area (Å²) >= 11 is 0. The van der Waals surface area contributed by atoms with Crippen LogP contribution in [0.3, 0.4) is 0 Å². The molecule has 0 fully saturated rings. The van der Waals surface area contributed by atoms with Gasteiger partial charge in [0.2, 0.25) is 5.69 Å². The van der Waals surface area contributed by atoms with E-state index >= 15 is 0 Å². The van der Waals surface area contributed by atoms with Crippen molar-refractivity contribution in [2.75, 3.05) is 0 Å². The SMILES string of the molecule is N#Cc1ccc(-[n+]2ccc(-c3cc[n+](C(c4ccccc4)P(=O)(O)O)cc3)cc2)cc1. The zero-order valence-electron chi connectivity index (χ0n) is 16.5. The molecule has 2 aromatic heterocycles. The molecule has 0 spiro atoms. The highest BCUT2D eigenvalue weighted by molar-refractivity contribution is 7.51. The second-order valence-corrected chi connectivity index (χ2v) is 8.73. The van der Waals surface area contributed by atoms with Crippen LogP contribution in [-0.4, -0.2) is 9.79 Å². The average Bonchev–Trinajstić information content (AvgIpc) is 2.80. The third-order valence-electron chi connectivity index (χ3n) is 5.01. The van der Waals surface area contributed by atoms with Gasteiger partial charge in [0.25, 0.3) is 5.78 Å². The summed E-state index contributed by atoms with van der Waals surface area (Å²) < 4.78 is 15.6. The van der Waals surface area contributed by atoms with Gasteiger partial charge in [0.05, 0.1) is 11.6 Å². The summed E-state index contributed by atoms with van der Waals surface area (Å²) in [5.74, 6) is -1.07. The minimum Gasteiger partial charge on any atom is -0.320 e. The van der Waals surface area contributed by atoms with Gasteiger partial charge < -0.3 is 9.79 Å². The van der Waals surface area contributed by atoms with Crippen LogP contribution in [0.4, 0.5) is 0 Å². The quantitative estimate of drug-likeness (QED) is 0.375. The second kappa shape index (κ2) is 8.63. The summed E-state index contributed by atoms with van der Waals surface area (Å²) in [5, 5.41) is 8.92. The molecule has 6 nitrogen and oxygen atoms in total. The van der Waals surface area contributed by atoms with Crippen LogP contribution >= 0.6 is 7.60 Å². The van der Waals surface area contributed by atoms with Gasteiger partial charge in [-0.1, -0.05) is 30.3 Å². The number of nitriles is 1. The molecular weight excluding hydrogens is 409 g/mol. The first-order valence-corrected chi connectivity index (χ1v) is 11.3. The van der Waals surface area contributed by atoms with Crippen LogP contribution in [0.15, 0.2) is 104 Å². The molecule has 2 heterocycles. The molecular formula is C24H20N3O3P+2. The molecule has 0 aliphatic heterocycles. The maximum absolute atomic E-state index is 12.2. The van der Waals surface area contributed by atoms with E-state index in [-0.39, 0.29) is 0 Å². The van der Waals surface area contributed by atoms with E-state index in [2.05, 4.69) is 6.07 Å². The molecule has 2 N–H and O–H groups in total. The fourth-order valence-electron chi connectivity index (χ4n) is 3.46. The maximum Gasteiger partial charge on any atom is 0.398 e. The molecule has 0 aliphatic carbocycles. The van der Waals surface area contributed by atoms with E-state index in [9.17, 15) is 14.4 Å². The Kier molecular flexibility index (Phi) is 5.75. The van der Waals surface area contributed by atoms with Crippen LogP contribution in [-0.2, 0) is 4.57 Å². The number of hydrogen-bond donors (Lipinski definition) is 2. The summed E-state index contributed by atoms with van der Waals surface area (Å²) in [5.41, 5.74) is 4.02. The van der Waals surface area contributed by atoms with E-state index in [1.54, 1.807) is 53.4 Å². The molecule has 4 rings (SSSR count). The number of benzene rings is 2. The molecule has 0 radical (unpaired) electrons. The monoisotopic (exact) mass is 429 g/mol. The lowest BCUT2D eigenvalue weighted by atomic mass is 10.1. The van der Waals surface area contributed by atoms with Crippen molar-refractivity contribution in [1.29, 1.82) is 5.26 Å². The Bertz CT molecular complexity index is 1260. The lowest BCUT2D eigenvalue weighted by Gasteiger charge is -2.14. The van der Waals surface area contributed by atoms with Gasteiger partial charge in [0.15, 0.2) is 24.8 Å². The van der Waals surface area contributed by atoms with Crippen molar-refractivity contribution in [3.63, 3.8) is 0 Å². The Morgan fingerprint density at radius 3 is 1.84 bits per heavy atom. The number of nitrogens with zero attached hydrogens (tertiary/aromatic N) is 3. The topological polar surface area (TPSA) is 89.1 Å². The van der Waals surface area contributed by atoms with Gasteiger partial charge in [-0.05, 0) is 23.3 Å². The molecule has 7 heteroatoms. The molecule has 1 unspecified atom stereocenters. The second-order valence-electron chi connectivity index (χ2n) is 7.06. The molecule has 0 saturated heterocycles. The van der Waals surface area contributed by atoms with Gasteiger partial charge in [-0.25, -0.2) is 0 Å². The molecule has 0 saturated carbocycles. The van der Waals surface area contributed by atoms with E-state index in [0.29, 0.717) is 11.1 Å². The summed E-state index contributed by atoms with van der Waals surface area (Å²) in [7, 11) is -4.41. The number of pyridine rings is 2. The normalized spacial score (nSPS) is 12.2. The molecule has 31 heavy (non-hydrogen) atoms. The predicted octanol–water partition coefficient (Wildman–Crippen LogP) is 3.51. The third-order valence-corrected chi connectivity index (χ3v) is 6.21. The van der Waals surface area contributed by atoms with E-state index in [1.165, 1.54) is 0 Å². The van der Waals surface area contributed by atoms with Crippen LogP contribution in [0.25, 0.3) is 16.8 Å². The molecule has 152 valence electrons. The first kappa shape index (κ1) is 20.6. The van der Waals surface area contributed by atoms with Gasteiger partial charge in [0, 0.05) is 42.0 Å². The molecule has 2 aromatic carbocycles. The smallest absolute Gasteiger partial charge is 0.320 e. The summed E-state index contributed by atoms with van der Waals surface area (Å²) in [4.78, 5) is 19.8. The largest absolute Gasteiger partial charge is 0.398 e. The predicted molar refractivity (Wildman–Crippen MR) is 115 cm³/mol. The van der Waals surface area contributed by atoms with Crippen molar-refractivity contribution in [1.82, 2.24) is 0 Å². The van der Waals surface area contributed by atoms with Crippen LogP contribution in [0, 0.1) is 11.3 Å². The van der Waals surface area contributed by atoms with Crippen molar-refractivity contribution >= 4 is 7.60 Å². The standard InChI is InChI=1S/C24H18N3O3P/c25-18-19-6-8-23(9-7-19)26-14-10-20(11-15-26)21-12-16-27(17-13-21)24(31(28,29)30)22-4-2-1-3-5-22/h1-17,24H/p+2. The van der Waals surface area contributed by atoms with Crippen molar-refractivity contribution in [2.24, 2.45) is 0 Å². The van der Waals surface area contributed by atoms with Crippen LogP contribution < -0.4 is 9.13 Å². The Labute approximate surface area is 180 Å². The summed E-state index contributed by atoms with van der Waals surface area (Å²) in [6.45, 7) is 0. The third kappa shape index (κ3) is 4.60. The lowest BCUT2D eigenvalue weighted by Crippen LogP contribution is -2.39. The van der Waals surface area contributed by atoms with E-state index in [4.69, 9.17) is 5.26 Å². The van der Waals surface area contributed by atoms with Gasteiger partial charge in [0.1, 0.15) is 0 Å². The van der Waals surface area contributed by atoms with E-state index in [0.717, 1.165) is 16.8 Å².